The summed E-state index contributed by atoms with van der Waals surface area (Å²) in [5.74, 6) is 0.116. The van der Waals surface area contributed by atoms with Crippen molar-refractivity contribution in [2.24, 2.45) is 0 Å². The highest BCUT2D eigenvalue weighted by Crippen LogP contribution is 2.34. The van der Waals surface area contributed by atoms with Crippen molar-refractivity contribution < 1.29 is 17.5 Å². The number of aromatic nitrogens is 1. The van der Waals surface area contributed by atoms with E-state index in [1.165, 1.54) is 6.07 Å². The molecule has 1 atom stereocenters. The van der Waals surface area contributed by atoms with Crippen LogP contribution in [0.4, 0.5) is 4.39 Å². The van der Waals surface area contributed by atoms with Crippen molar-refractivity contribution in [3.05, 3.63) is 69.4 Å². The first kappa shape index (κ1) is 24.1. The number of nitrogens with one attached hydrogen (secondary N) is 1. The maximum Gasteiger partial charge on any atom is 0.253 e. The molecule has 2 saturated carbocycles. The van der Waals surface area contributed by atoms with Crippen LogP contribution in [0.3, 0.4) is 0 Å². The zero-order valence-corrected chi connectivity index (χ0v) is 20.1. The Labute approximate surface area is 195 Å². The van der Waals surface area contributed by atoms with E-state index in [4.69, 9.17) is 4.74 Å². The highest BCUT2D eigenvalue weighted by Gasteiger charge is 2.36. The molecule has 6 nitrogen and oxygen atoms in total. The molecule has 180 valence electrons. The molecule has 0 radical (unpaired) electrons. The smallest absolute Gasteiger partial charge is 0.253 e. The van der Waals surface area contributed by atoms with Crippen LogP contribution >= 0.6 is 0 Å². The predicted octanol–water partition coefficient (Wildman–Crippen LogP) is 3.97. The lowest BCUT2D eigenvalue weighted by molar-refractivity contribution is 0.00730. The van der Waals surface area contributed by atoms with Crippen LogP contribution in [0.2, 0.25) is 0 Å². The molecule has 1 heterocycles. The van der Waals surface area contributed by atoms with Crippen LogP contribution in [0, 0.1) is 19.7 Å². The minimum atomic E-state index is -3.36. The first-order valence-corrected chi connectivity index (χ1v) is 13.3. The Kier molecular flexibility index (Phi) is 7.36. The molecule has 2 fully saturated rings. The lowest BCUT2D eigenvalue weighted by atomic mass is 9.83. The summed E-state index contributed by atoms with van der Waals surface area (Å²) in [7, 11) is -3.36. The highest BCUT2D eigenvalue weighted by molar-refractivity contribution is 7.90. The average molecular weight is 477 g/mol. The molecule has 0 bridgehead atoms. The van der Waals surface area contributed by atoms with E-state index in [-0.39, 0.29) is 35.9 Å². The van der Waals surface area contributed by atoms with Crippen molar-refractivity contribution in [3.8, 4) is 0 Å². The fourth-order valence-electron chi connectivity index (χ4n) is 4.71. The molecule has 4 rings (SSSR count). The second-order valence-corrected chi connectivity index (χ2v) is 11.6. The van der Waals surface area contributed by atoms with Crippen LogP contribution in [0.15, 0.2) is 41.3 Å². The van der Waals surface area contributed by atoms with Crippen LogP contribution in [-0.2, 0) is 14.8 Å². The second-order valence-electron chi connectivity index (χ2n) is 9.52. The van der Waals surface area contributed by atoms with E-state index in [1.807, 2.05) is 19.1 Å². The van der Waals surface area contributed by atoms with Gasteiger partial charge in [-0.05, 0) is 87.6 Å². The lowest BCUT2D eigenvalue weighted by Crippen LogP contribution is -2.39. The summed E-state index contributed by atoms with van der Waals surface area (Å²) in [6, 6.07) is 8.21. The first-order valence-electron chi connectivity index (χ1n) is 11.8. The molecule has 2 aliphatic rings. The average Bonchev–Trinajstić information content (AvgIpc) is 3.63. The fourth-order valence-corrected chi connectivity index (χ4v) is 6.13. The number of ether oxygens (including phenoxy) is 1. The van der Waals surface area contributed by atoms with Gasteiger partial charge >= 0.3 is 0 Å². The zero-order valence-electron chi connectivity index (χ0n) is 19.3. The summed E-state index contributed by atoms with van der Waals surface area (Å²) in [4.78, 5) is 12.8. The Morgan fingerprint density at radius 1 is 1.12 bits per heavy atom. The van der Waals surface area contributed by atoms with Gasteiger partial charge in [0.25, 0.3) is 5.56 Å². The maximum atomic E-state index is 13.6. The van der Waals surface area contributed by atoms with Gasteiger partial charge in [-0.15, -0.1) is 0 Å². The van der Waals surface area contributed by atoms with Crippen LogP contribution < -0.4 is 10.3 Å². The van der Waals surface area contributed by atoms with Crippen molar-refractivity contribution in [2.75, 3.05) is 13.2 Å². The molecule has 1 N–H and O–H groups in total. The van der Waals surface area contributed by atoms with Crippen molar-refractivity contribution in [1.29, 1.82) is 0 Å². The van der Waals surface area contributed by atoms with Crippen molar-refractivity contribution in [1.82, 2.24) is 9.29 Å². The van der Waals surface area contributed by atoms with Gasteiger partial charge in [0.05, 0.1) is 24.0 Å². The quantitative estimate of drug-likeness (QED) is 0.594. The van der Waals surface area contributed by atoms with E-state index in [9.17, 15) is 17.6 Å². The minimum Gasteiger partial charge on any atom is -0.376 e. The van der Waals surface area contributed by atoms with E-state index < -0.39 is 16.1 Å². The molecule has 0 unspecified atom stereocenters. The summed E-state index contributed by atoms with van der Waals surface area (Å²) in [6.07, 6.45) is 6.72. The van der Waals surface area contributed by atoms with Crippen LogP contribution in [0.1, 0.15) is 67.2 Å². The molecule has 1 aromatic heterocycles. The second kappa shape index (κ2) is 10.1. The van der Waals surface area contributed by atoms with Gasteiger partial charge in [0, 0.05) is 18.3 Å². The number of hydrogen-bond acceptors (Lipinski definition) is 4. The Morgan fingerprint density at radius 3 is 2.52 bits per heavy atom. The van der Waals surface area contributed by atoms with Gasteiger partial charge in [0.1, 0.15) is 5.82 Å². The van der Waals surface area contributed by atoms with Crippen LogP contribution in [-0.4, -0.2) is 37.5 Å². The Balaban J connectivity index is 1.41. The lowest BCUT2D eigenvalue weighted by Gasteiger charge is -2.30. The molecule has 33 heavy (non-hydrogen) atoms. The first-order chi connectivity index (χ1) is 15.7. The summed E-state index contributed by atoms with van der Waals surface area (Å²) < 4.78 is 48.9. The van der Waals surface area contributed by atoms with E-state index >= 15 is 0 Å². The van der Waals surface area contributed by atoms with Crippen molar-refractivity contribution in [3.63, 3.8) is 0 Å². The third kappa shape index (κ3) is 6.11. The molecule has 1 aromatic carbocycles. The van der Waals surface area contributed by atoms with Gasteiger partial charge in [-0.25, -0.2) is 17.5 Å². The van der Waals surface area contributed by atoms with Gasteiger partial charge in [-0.2, -0.15) is 0 Å². The highest BCUT2D eigenvalue weighted by atomic mass is 32.2. The topological polar surface area (TPSA) is 77.4 Å². The molecular formula is C25H33FN2O4S. The third-order valence-electron chi connectivity index (χ3n) is 6.75. The van der Waals surface area contributed by atoms with Gasteiger partial charge < -0.3 is 9.30 Å². The van der Waals surface area contributed by atoms with E-state index in [2.05, 4.69) is 4.72 Å². The monoisotopic (exact) mass is 476 g/mol. The molecule has 2 aliphatic carbocycles. The normalized spacial score (nSPS) is 22.3. The maximum absolute atomic E-state index is 13.6. The van der Waals surface area contributed by atoms with E-state index in [0.29, 0.717) is 24.3 Å². The molecule has 0 amide bonds. The molecule has 2 aromatic rings. The van der Waals surface area contributed by atoms with E-state index in [1.54, 1.807) is 29.8 Å². The van der Waals surface area contributed by atoms with Gasteiger partial charge in [-0.3, -0.25) is 4.79 Å². The summed E-state index contributed by atoms with van der Waals surface area (Å²) >= 11 is 0. The van der Waals surface area contributed by atoms with Gasteiger partial charge in [0.15, 0.2) is 0 Å². The summed E-state index contributed by atoms with van der Waals surface area (Å²) in [6.45, 7) is 4.07. The van der Waals surface area contributed by atoms with E-state index in [0.717, 1.165) is 36.8 Å². The van der Waals surface area contributed by atoms with Crippen molar-refractivity contribution in [2.45, 2.75) is 75.7 Å². The number of pyridine rings is 1. The molecular weight excluding hydrogens is 443 g/mol. The number of hydrogen-bond donors (Lipinski definition) is 1. The van der Waals surface area contributed by atoms with Crippen LogP contribution in [0.25, 0.3) is 0 Å². The minimum absolute atomic E-state index is 0.0407. The zero-order chi connectivity index (χ0) is 23.6. The van der Waals surface area contributed by atoms with Crippen molar-refractivity contribution >= 4 is 10.0 Å². The summed E-state index contributed by atoms with van der Waals surface area (Å²) in [5, 5.41) is -0.312. The Bertz CT molecular complexity index is 1140. The number of rotatable bonds is 9. The molecule has 0 spiro atoms. The predicted molar refractivity (Wildman–Crippen MR) is 127 cm³/mol. The largest absolute Gasteiger partial charge is 0.376 e. The number of benzene rings is 1. The number of nitrogens with zero attached hydrogens (tertiary/aromatic N) is 1. The number of aryl methyl sites for hydroxylation is 2. The Morgan fingerprint density at radius 2 is 1.85 bits per heavy atom. The SMILES string of the molecule is Cc1cc(C)c(=O)n([C@H](CNS(=O)(=O)C2CC2)COC2CCC(c3cccc(F)c3)CC2)c1. The van der Waals surface area contributed by atoms with Crippen LogP contribution in [0.5, 0.6) is 0 Å². The van der Waals surface area contributed by atoms with Gasteiger partial charge in [0.2, 0.25) is 10.0 Å². The number of halogens is 1. The molecule has 8 heteroatoms. The summed E-state index contributed by atoms with van der Waals surface area (Å²) in [5.41, 5.74) is 2.47. The Hall–Kier alpha value is -2.03. The fraction of sp³-hybridized carbons (Fsp3) is 0.560. The van der Waals surface area contributed by atoms with Gasteiger partial charge in [-0.1, -0.05) is 12.1 Å². The molecule has 0 aliphatic heterocycles. The molecule has 0 saturated heterocycles. The number of sulfonamides is 1. The standard InChI is InChI=1S/C25H33FN2O4S/c1-17-12-18(2)25(29)28(15-17)22(14-27-33(30,31)24-10-11-24)16-32-23-8-6-19(7-9-23)20-4-3-5-21(26)13-20/h3-5,12-13,15,19,22-24,27H,6-11,14,16H2,1-2H3/t19?,22-,23?/m1/s1. The third-order valence-corrected chi connectivity index (χ3v) is 8.67.